The maximum atomic E-state index is 13.4. The van der Waals surface area contributed by atoms with E-state index in [9.17, 15) is 13.2 Å². The largest absolute Gasteiger partial charge is 0.497 e. The maximum absolute atomic E-state index is 13.4. The lowest BCUT2D eigenvalue weighted by molar-refractivity contribution is -0.137. The summed E-state index contributed by atoms with van der Waals surface area (Å²) < 4.78 is 47.5. The van der Waals surface area contributed by atoms with Crippen molar-refractivity contribution in [3.05, 3.63) is 106 Å². The first-order chi connectivity index (χ1) is 18.8. The fourth-order valence-electron chi connectivity index (χ4n) is 5.22. The third-order valence-corrected chi connectivity index (χ3v) is 7.60. The molecule has 3 aromatic carbocycles. The number of aromatic nitrogens is 4. The van der Waals surface area contributed by atoms with Gasteiger partial charge < -0.3 is 4.74 Å². The molecule has 1 fully saturated rings. The Balaban J connectivity index is 1.61. The average molecular weight is 556 g/mol. The summed E-state index contributed by atoms with van der Waals surface area (Å²) in [5, 5.41) is 13.4. The minimum atomic E-state index is -4.43. The number of hydrogen-bond acceptors (Lipinski definition) is 5. The number of hydrogen-bond donors (Lipinski definition) is 0. The molecule has 0 saturated heterocycles. The lowest BCUT2D eigenvalue weighted by Crippen LogP contribution is -2.32. The van der Waals surface area contributed by atoms with Crippen LogP contribution >= 0.6 is 11.6 Å². The predicted molar refractivity (Wildman–Crippen MR) is 142 cm³/mol. The molecule has 0 amide bonds. The van der Waals surface area contributed by atoms with Gasteiger partial charge in [-0.3, -0.25) is 4.90 Å². The smallest absolute Gasteiger partial charge is 0.416 e. The van der Waals surface area contributed by atoms with Gasteiger partial charge in [0.05, 0.1) is 24.8 Å². The summed E-state index contributed by atoms with van der Waals surface area (Å²) in [6.07, 6.45) is -0.338. The van der Waals surface area contributed by atoms with E-state index in [0.717, 1.165) is 54.7 Å². The molecule has 1 aliphatic carbocycles. The van der Waals surface area contributed by atoms with Gasteiger partial charge in [-0.2, -0.15) is 13.2 Å². The van der Waals surface area contributed by atoms with E-state index in [2.05, 4.69) is 20.4 Å². The van der Waals surface area contributed by atoms with Crippen LogP contribution in [0, 0.1) is 0 Å². The molecule has 0 N–H and O–H groups in total. The van der Waals surface area contributed by atoms with E-state index in [1.165, 1.54) is 12.1 Å². The fraction of sp³-hybridized carbons (Fsp3) is 0.345. The monoisotopic (exact) mass is 555 g/mol. The zero-order valence-electron chi connectivity index (χ0n) is 21.5. The van der Waals surface area contributed by atoms with Crippen molar-refractivity contribution in [1.82, 2.24) is 25.1 Å². The SMILES string of the molecule is COc1ccc(CN(Cc2ccccc2Cl)[C@H](c2ccc(C(F)(F)F)cc2)c2nnnn2C2CCCC2)cc1. The highest BCUT2D eigenvalue weighted by Crippen LogP contribution is 2.37. The lowest BCUT2D eigenvalue weighted by atomic mass is 10.00. The average Bonchev–Trinajstić information content (AvgIpc) is 3.63. The van der Waals surface area contributed by atoms with Gasteiger partial charge in [-0.05, 0) is 70.3 Å². The molecule has 39 heavy (non-hydrogen) atoms. The summed E-state index contributed by atoms with van der Waals surface area (Å²) in [4.78, 5) is 2.16. The predicted octanol–water partition coefficient (Wildman–Crippen LogP) is 7.26. The minimum absolute atomic E-state index is 0.148. The summed E-state index contributed by atoms with van der Waals surface area (Å²) >= 11 is 6.58. The summed E-state index contributed by atoms with van der Waals surface area (Å²) in [7, 11) is 1.61. The molecule has 10 heteroatoms. The number of nitrogens with zero attached hydrogens (tertiary/aromatic N) is 5. The molecular formula is C29H29ClF3N5O. The van der Waals surface area contributed by atoms with Crippen LogP contribution in [0.15, 0.2) is 72.8 Å². The number of alkyl halides is 3. The van der Waals surface area contributed by atoms with Crippen molar-refractivity contribution in [2.75, 3.05) is 7.11 Å². The fourth-order valence-corrected chi connectivity index (χ4v) is 5.41. The zero-order valence-corrected chi connectivity index (χ0v) is 22.2. The Morgan fingerprint density at radius 3 is 2.31 bits per heavy atom. The molecule has 4 aromatic rings. The molecule has 1 heterocycles. The first-order valence-corrected chi connectivity index (χ1v) is 13.3. The van der Waals surface area contributed by atoms with E-state index in [1.807, 2.05) is 53.2 Å². The number of rotatable bonds is 9. The van der Waals surface area contributed by atoms with Crippen molar-refractivity contribution in [2.24, 2.45) is 0 Å². The molecule has 6 nitrogen and oxygen atoms in total. The number of halogens is 4. The molecule has 1 saturated carbocycles. The number of ether oxygens (including phenoxy) is 1. The van der Waals surface area contributed by atoms with E-state index in [-0.39, 0.29) is 6.04 Å². The van der Waals surface area contributed by atoms with Crippen LogP contribution in [0.2, 0.25) is 5.02 Å². The van der Waals surface area contributed by atoms with Crippen molar-refractivity contribution in [1.29, 1.82) is 0 Å². The second-order valence-corrected chi connectivity index (χ2v) is 10.2. The Kier molecular flexibility index (Phi) is 8.18. The highest BCUT2D eigenvalue weighted by atomic mass is 35.5. The van der Waals surface area contributed by atoms with Gasteiger partial charge in [0.15, 0.2) is 5.82 Å². The van der Waals surface area contributed by atoms with Crippen LogP contribution in [0.3, 0.4) is 0 Å². The van der Waals surface area contributed by atoms with Gasteiger partial charge in [0, 0.05) is 18.1 Å². The first kappa shape index (κ1) is 27.1. The van der Waals surface area contributed by atoms with Gasteiger partial charge in [0.2, 0.25) is 0 Å². The standard InChI is InChI=1S/C29H29ClF3N5O/c1-39-25-16-10-20(11-17-25)18-37(19-22-6-2-5-9-26(22)30)27(21-12-14-23(15-13-21)29(31,32)33)28-34-35-36-38(28)24-7-3-4-8-24/h2,5-6,9-17,24,27H,3-4,7-8,18-19H2,1H3/t27-/m1/s1. The minimum Gasteiger partial charge on any atom is -0.497 e. The molecule has 1 aromatic heterocycles. The molecule has 1 atom stereocenters. The van der Waals surface area contributed by atoms with Crippen LogP contribution in [-0.4, -0.2) is 32.2 Å². The van der Waals surface area contributed by atoms with Gasteiger partial charge in [-0.1, -0.05) is 66.9 Å². The van der Waals surface area contributed by atoms with Gasteiger partial charge in [0.25, 0.3) is 0 Å². The quantitative estimate of drug-likeness (QED) is 0.217. The summed E-state index contributed by atoms with van der Waals surface area (Å²) in [5.41, 5.74) is 1.86. The topological polar surface area (TPSA) is 56.1 Å². The molecule has 0 bridgehead atoms. The number of benzene rings is 3. The highest BCUT2D eigenvalue weighted by Gasteiger charge is 2.34. The molecule has 0 spiro atoms. The second-order valence-electron chi connectivity index (χ2n) is 9.79. The van der Waals surface area contributed by atoms with Crippen molar-refractivity contribution >= 4 is 11.6 Å². The van der Waals surface area contributed by atoms with Crippen LogP contribution in [0.25, 0.3) is 0 Å². The normalized spacial score (nSPS) is 15.1. The van der Waals surface area contributed by atoms with E-state index in [1.54, 1.807) is 7.11 Å². The van der Waals surface area contributed by atoms with Crippen LogP contribution in [0.5, 0.6) is 5.75 Å². The zero-order chi connectivity index (χ0) is 27.4. The van der Waals surface area contributed by atoms with E-state index in [4.69, 9.17) is 16.3 Å². The van der Waals surface area contributed by atoms with Gasteiger partial charge >= 0.3 is 6.18 Å². The number of methoxy groups -OCH3 is 1. The third-order valence-electron chi connectivity index (χ3n) is 7.23. The Bertz CT molecular complexity index is 1370. The summed E-state index contributed by atoms with van der Waals surface area (Å²) in [5.74, 6) is 1.34. The number of tetrazole rings is 1. The molecule has 0 radical (unpaired) electrons. The molecule has 0 unspecified atom stereocenters. The first-order valence-electron chi connectivity index (χ1n) is 12.9. The van der Waals surface area contributed by atoms with Gasteiger partial charge in [-0.15, -0.1) is 5.10 Å². The van der Waals surface area contributed by atoms with Crippen molar-refractivity contribution in [2.45, 2.75) is 57.0 Å². The second kappa shape index (κ2) is 11.8. The van der Waals surface area contributed by atoms with Gasteiger partial charge in [-0.25, -0.2) is 4.68 Å². The summed E-state index contributed by atoms with van der Waals surface area (Å²) in [6.45, 7) is 0.896. The van der Waals surface area contributed by atoms with Crippen molar-refractivity contribution < 1.29 is 17.9 Å². The molecule has 0 aliphatic heterocycles. The van der Waals surface area contributed by atoms with E-state index < -0.39 is 17.8 Å². The van der Waals surface area contributed by atoms with E-state index >= 15 is 0 Å². The summed E-state index contributed by atoms with van der Waals surface area (Å²) in [6, 6.07) is 20.2. The van der Waals surface area contributed by atoms with Crippen molar-refractivity contribution in [3.63, 3.8) is 0 Å². The Morgan fingerprint density at radius 2 is 1.67 bits per heavy atom. The highest BCUT2D eigenvalue weighted by molar-refractivity contribution is 6.31. The molecule has 1 aliphatic rings. The Hall–Kier alpha value is -3.43. The van der Waals surface area contributed by atoms with Crippen LogP contribution in [0.4, 0.5) is 13.2 Å². The maximum Gasteiger partial charge on any atom is 0.416 e. The van der Waals surface area contributed by atoms with E-state index in [0.29, 0.717) is 29.5 Å². The molecule has 204 valence electrons. The lowest BCUT2D eigenvalue weighted by Gasteiger charge is -2.32. The third kappa shape index (κ3) is 6.25. The Morgan fingerprint density at radius 1 is 0.974 bits per heavy atom. The molecular weight excluding hydrogens is 527 g/mol. The Labute approximate surface area is 230 Å². The van der Waals surface area contributed by atoms with Crippen LogP contribution < -0.4 is 4.74 Å². The van der Waals surface area contributed by atoms with Crippen molar-refractivity contribution in [3.8, 4) is 5.75 Å². The van der Waals surface area contributed by atoms with Gasteiger partial charge in [0.1, 0.15) is 5.75 Å². The molecule has 5 rings (SSSR count). The van der Waals surface area contributed by atoms with Crippen LogP contribution in [0.1, 0.15) is 65.8 Å². The van der Waals surface area contributed by atoms with Crippen LogP contribution in [-0.2, 0) is 19.3 Å².